The molecule has 0 N–H and O–H groups in total. The average Bonchev–Trinajstić information content (AvgIpc) is 2.95. The van der Waals surface area contributed by atoms with Crippen molar-refractivity contribution in [3.63, 3.8) is 0 Å². The lowest BCUT2D eigenvalue weighted by atomic mass is 9.72. The van der Waals surface area contributed by atoms with Crippen LogP contribution in [0.5, 0.6) is 0 Å². The van der Waals surface area contributed by atoms with Crippen molar-refractivity contribution < 1.29 is 4.79 Å². The smallest absolute Gasteiger partial charge is 0.274 e. The maximum atomic E-state index is 13.5. The van der Waals surface area contributed by atoms with E-state index in [0.717, 1.165) is 32.1 Å². The zero-order valence-corrected chi connectivity index (χ0v) is 19.4. The van der Waals surface area contributed by atoms with E-state index in [1.165, 1.54) is 11.1 Å². The molecule has 30 heavy (non-hydrogen) atoms. The van der Waals surface area contributed by atoms with Gasteiger partial charge in [-0.2, -0.15) is 0 Å². The zero-order valence-electron chi connectivity index (χ0n) is 17.8. The Kier molecular flexibility index (Phi) is 5.71. The van der Waals surface area contributed by atoms with Crippen LogP contribution in [0.25, 0.3) is 0 Å². The molecule has 0 saturated heterocycles. The molecule has 5 heteroatoms. The minimum absolute atomic E-state index is 0.0137. The normalized spacial score (nSPS) is 20.0. The number of nitrogens with zero attached hydrogens (tertiary/aromatic N) is 2. The van der Waals surface area contributed by atoms with Gasteiger partial charge in [-0.25, -0.2) is 0 Å². The standard InChI is InChI=1S/C25H28Cl2N2O/c1-17-4-6-18(7-5-17)8-13-29-23(30)22(19-14-20(26)16-21(27)15-19)28-25(29)11-9-24(2,3)10-12-25/h4-7,14-16H,8-13H2,1-3H3. The Labute approximate surface area is 189 Å². The molecule has 2 aromatic carbocycles. The quantitative estimate of drug-likeness (QED) is 0.533. The van der Waals surface area contributed by atoms with Gasteiger partial charge in [0, 0.05) is 22.2 Å². The molecule has 4 rings (SSSR count). The summed E-state index contributed by atoms with van der Waals surface area (Å²) >= 11 is 12.4. The Bertz CT molecular complexity index is 964. The molecule has 0 aromatic heterocycles. The van der Waals surface area contributed by atoms with Gasteiger partial charge in [-0.05, 0) is 68.2 Å². The Morgan fingerprint density at radius 3 is 2.17 bits per heavy atom. The SMILES string of the molecule is Cc1ccc(CCN2C(=O)C(c3cc(Cl)cc(Cl)c3)=NC23CCC(C)(C)CC3)cc1. The lowest BCUT2D eigenvalue weighted by molar-refractivity contribution is -0.129. The van der Waals surface area contributed by atoms with Crippen molar-refractivity contribution >= 4 is 34.8 Å². The van der Waals surface area contributed by atoms with Crippen LogP contribution < -0.4 is 0 Å². The van der Waals surface area contributed by atoms with E-state index in [0.29, 0.717) is 27.9 Å². The summed E-state index contributed by atoms with van der Waals surface area (Å²) in [5.41, 5.74) is 3.50. The fourth-order valence-electron chi connectivity index (χ4n) is 4.53. The summed E-state index contributed by atoms with van der Waals surface area (Å²) in [5.74, 6) is -0.0137. The second-order valence-electron chi connectivity index (χ2n) is 9.46. The second kappa shape index (κ2) is 8.01. The van der Waals surface area contributed by atoms with Crippen LogP contribution in [0.2, 0.25) is 10.0 Å². The van der Waals surface area contributed by atoms with E-state index >= 15 is 0 Å². The van der Waals surface area contributed by atoms with Crippen molar-refractivity contribution in [2.45, 2.75) is 58.5 Å². The number of aliphatic imine (C=N–C) groups is 1. The third-order valence-corrected chi connectivity index (χ3v) is 6.99. The van der Waals surface area contributed by atoms with E-state index in [2.05, 4.69) is 45.0 Å². The van der Waals surface area contributed by atoms with Gasteiger partial charge >= 0.3 is 0 Å². The van der Waals surface area contributed by atoms with Gasteiger partial charge in [0.05, 0.1) is 0 Å². The summed E-state index contributed by atoms with van der Waals surface area (Å²) in [5, 5.41) is 1.04. The number of halogens is 2. The van der Waals surface area contributed by atoms with Gasteiger partial charge in [0.2, 0.25) is 0 Å². The number of hydrogen-bond acceptors (Lipinski definition) is 2. The molecule has 0 unspecified atom stereocenters. The highest BCUT2D eigenvalue weighted by Gasteiger charge is 2.49. The third-order valence-electron chi connectivity index (χ3n) is 6.56. The van der Waals surface area contributed by atoms with Crippen LogP contribution >= 0.6 is 23.2 Å². The zero-order chi connectivity index (χ0) is 21.5. The fraction of sp³-hybridized carbons (Fsp3) is 0.440. The van der Waals surface area contributed by atoms with Crippen molar-refractivity contribution in [1.29, 1.82) is 0 Å². The van der Waals surface area contributed by atoms with Crippen molar-refractivity contribution in [2.75, 3.05) is 6.54 Å². The van der Waals surface area contributed by atoms with E-state index in [1.54, 1.807) is 18.2 Å². The highest BCUT2D eigenvalue weighted by atomic mass is 35.5. The third kappa shape index (κ3) is 4.29. The molecule has 2 aromatic rings. The topological polar surface area (TPSA) is 32.7 Å². The Morgan fingerprint density at radius 2 is 1.57 bits per heavy atom. The molecule has 0 atom stereocenters. The molecule has 3 nitrogen and oxygen atoms in total. The first kappa shape index (κ1) is 21.4. The van der Waals surface area contributed by atoms with Crippen LogP contribution in [0.4, 0.5) is 0 Å². The van der Waals surface area contributed by atoms with Gasteiger partial charge in [-0.3, -0.25) is 9.79 Å². The lowest BCUT2D eigenvalue weighted by Crippen LogP contribution is -2.50. The molecular formula is C25H28Cl2N2O. The summed E-state index contributed by atoms with van der Waals surface area (Å²) in [6.07, 6.45) is 4.69. The number of hydrogen-bond donors (Lipinski definition) is 0. The maximum absolute atomic E-state index is 13.5. The molecule has 1 amide bonds. The van der Waals surface area contributed by atoms with Crippen molar-refractivity contribution in [1.82, 2.24) is 4.90 Å². The monoisotopic (exact) mass is 442 g/mol. The highest BCUT2D eigenvalue weighted by Crippen LogP contribution is 2.46. The summed E-state index contributed by atoms with van der Waals surface area (Å²) in [6.45, 7) is 7.34. The van der Waals surface area contributed by atoms with Gasteiger partial charge in [0.1, 0.15) is 11.4 Å². The molecule has 1 heterocycles. The van der Waals surface area contributed by atoms with E-state index in [1.807, 2.05) is 4.90 Å². The number of rotatable bonds is 4. The molecule has 0 bridgehead atoms. The van der Waals surface area contributed by atoms with Crippen LogP contribution in [-0.2, 0) is 11.2 Å². The average molecular weight is 443 g/mol. The molecule has 1 saturated carbocycles. The number of amides is 1. The van der Waals surface area contributed by atoms with E-state index in [9.17, 15) is 4.79 Å². The molecule has 158 valence electrons. The minimum Gasteiger partial charge on any atom is -0.312 e. The van der Waals surface area contributed by atoms with Crippen molar-refractivity contribution in [3.05, 3.63) is 69.2 Å². The van der Waals surface area contributed by atoms with Crippen molar-refractivity contribution in [2.24, 2.45) is 10.4 Å². The Hall–Kier alpha value is -1.84. The molecule has 1 spiro atoms. The molecule has 1 aliphatic carbocycles. The lowest BCUT2D eigenvalue weighted by Gasteiger charge is -2.44. The maximum Gasteiger partial charge on any atom is 0.274 e. The van der Waals surface area contributed by atoms with E-state index in [4.69, 9.17) is 28.2 Å². The van der Waals surface area contributed by atoms with Crippen molar-refractivity contribution in [3.8, 4) is 0 Å². The fourth-order valence-corrected chi connectivity index (χ4v) is 5.05. The first-order valence-electron chi connectivity index (χ1n) is 10.6. The molecule has 2 aliphatic rings. The van der Waals surface area contributed by atoms with Crippen LogP contribution in [0.3, 0.4) is 0 Å². The molecule has 1 aliphatic heterocycles. The molecule has 1 fully saturated rings. The second-order valence-corrected chi connectivity index (χ2v) is 10.3. The molecular weight excluding hydrogens is 415 g/mol. The summed E-state index contributed by atoms with van der Waals surface area (Å²) in [7, 11) is 0. The molecule has 0 radical (unpaired) electrons. The predicted molar refractivity (Wildman–Crippen MR) is 125 cm³/mol. The first-order valence-corrected chi connectivity index (χ1v) is 11.4. The van der Waals surface area contributed by atoms with Crippen LogP contribution in [-0.4, -0.2) is 28.7 Å². The highest BCUT2D eigenvalue weighted by molar-refractivity contribution is 6.47. The van der Waals surface area contributed by atoms with Gasteiger partial charge in [0.15, 0.2) is 0 Å². The number of carbonyl (C=O) groups excluding carboxylic acids is 1. The van der Waals surface area contributed by atoms with Gasteiger partial charge in [-0.15, -0.1) is 0 Å². The van der Waals surface area contributed by atoms with E-state index in [-0.39, 0.29) is 11.3 Å². The van der Waals surface area contributed by atoms with Gasteiger partial charge in [-0.1, -0.05) is 66.9 Å². The number of aryl methyl sites for hydroxylation is 1. The van der Waals surface area contributed by atoms with Gasteiger partial charge < -0.3 is 4.90 Å². The van der Waals surface area contributed by atoms with E-state index < -0.39 is 5.66 Å². The van der Waals surface area contributed by atoms with Crippen LogP contribution in [0.1, 0.15) is 56.2 Å². The minimum atomic E-state index is -0.457. The predicted octanol–water partition coefficient (Wildman–Crippen LogP) is 6.47. The van der Waals surface area contributed by atoms with Gasteiger partial charge in [0.25, 0.3) is 5.91 Å². The first-order chi connectivity index (χ1) is 14.2. The Morgan fingerprint density at radius 1 is 0.967 bits per heavy atom. The van der Waals surface area contributed by atoms with Crippen LogP contribution in [0, 0.1) is 12.3 Å². The number of carbonyl (C=O) groups is 1. The Balaban J connectivity index is 1.65. The van der Waals surface area contributed by atoms with Crippen LogP contribution in [0.15, 0.2) is 47.5 Å². The summed E-state index contributed by atoms with van der Waals surface area (Å²) in [4.78, 5) is 20.6. The largest absolute Gasteiger partial charge is 0.312 e. The summed E-state index contributed by atoms with van der Waals surface area (Å²) < 4.78 is 0. The summed E-state index contributed by atoms with van der Waals surface area (Å²) in [6, 6.07) is 13.8. The number of benzene rings is 2.